The Balaban J connectivity index is 2.29. The van der Waals surface area contributed by atoms with Crippen molar-refractivity contribution < 1.29 is 14.3 Å². The second kappa shape index (κ2) is 9.11. The van der Waals surface area contributed by atoms with Crippen LogP contribution >= 0.6 is 0 Å². The molecular weight excluding hydrogens is 294 g/mol. The number of nitrogens with one attached hydrogen (secondary N) is 3. The predicted molar refractivity (Wildman–Crippen MR) is 91.3 cm³/mol. The third-order valence-corrected chi connectivity index (χ3v) is 3.65. The fourth-order valence-electron chi connectivity index (χ4n) is 2.60. The first-order valence-electron chi connectivity index (χ1n) is 8.65. The van der Waals surface area contributed by atoms with E-state index in [9.17, 15) is 9.59 Å². The molecule has 0 aliphatic heterocycles. The number of carbonyl (C=O) groups excluding carboxylic acids is 2. The van der Waals surface area contributed by atoms with Crippen LogP contribution in [-0.4, -0.2) is 42.8 Å². The number of rotatable bonds is 6. The van der Waals surface area contributed by atoms with E-state index in [0.29, 0.717) is 19.0 Å². The number of ether oxygens (including phenoxy) is 1. The Bertz CT molecular complexity index is 391. The summed E-state index contributed by atoms with van der Waals surface area (Å²) in [5.74, 6) is 0.483. The maximum atomic E-state index is 11.8. The van der Waals surface area contributed by atoms with Gasteiger partial charge in [-0.15, -0.1) is 0 Å². The highest BCUT2D eigenvalue weighted by Crippen LogP contribution is 2.19. The van der Waals surface area contributed by atoms with Gasteiger partial charge in [-0.1, -0.05) is 13.8 Å². The molecular formula is C17H33N3O3. The van der Waals surface area contributed by atoms with Crippen molar-refractivity contribution in [2.24, 2.45) is 5.92 Å². The molecule has 6 heteroatoms. The number of hydrogen-bond acceptors (Lipinski definition) is 4. The van der Waals surface area contributed by atoms with E-state index in [1.54, 1.807) is 0 Å². The maximum absolute atomic E-state index is 11.8. The van der Waals surface area contributed by atoms with Crippen molar-refractivity contribution in [2.45, 2.75) is 78.0 Å². The zero-order valence-corrected chi connectivity index (χ0v) is 15.2. The zero-order chi connectivity index (χ0) is 17.5. The standard InChI is InChI=1S/C17H33N3O3/c1-12(2)10-19-15(21)11-18-13-7-6-8-14(9-13)20-16(22)23-17(3,4)5/h12-14,18H,6-11H2,1-5H3,(H,19,21)(H,20,22). The molecule has 6 nitrogen and oxygen atoms in total. The number of carbonyl (C=O) groups is 2. The quantitative estimate of drug-likeness (QED) is 0.698. The Morgan fingerprint density at radius 1 is 1.17 bits per heavy atom. The fourth-order valence-corrected chi connectivity index (χ4v) is 2.60. The Kier molecular flexibility index (Phi) is 7.82. The van der Waals surface area contributed by atoms with Gasteiger partial charge >= 0.3 is 6.09 Å². The number of hydrogen-bond donors (Lipinski definition) is 3. The molecule has 0 aromatic rings. The molecule has 0 saturated heterocycles. The normalized spacial score (nSPS) is 21.8. The van der Waals surface area contributed by atoms with E-state index in [2.05, 4.69) is 29.8 Å². The van der Waals surface area contributed by atoms with Crippen molar-refractivity contribution in [2.75, 3.05) is 13.1 Å². The molecule has 1 fully saturated rings. The molecule has 23 heavy (non-hydrogen) atoms. The zero-order valence-electron chi connectivity index (χ0n) is 15.2. The molecule has 0 heterocycles. The highest BCUT2D eigenvalue weighted by atomic mass is 16.6. The molecule has 2 atom stereocenters. The average molecular weight is 327 g/mol. The molecule has 0 radical (unpaired) electrons. The van der Waals surface area contributed by atoms with E-state index in [1.165, 1.54) is 0 Å². The van der Waals surface area contributed by atoms with Crippen molar-refractivity contribution >= 4 is 12.0 Å². The van der Waals surface area contributed by atoms with Gasteiger partial charge in [0.15, 0.2) is 0 Å². The van der Waals surface area contributed by atoms with Crippen LogP contribution < -0.4 is 16.0 Å². The highest BCUT2D eigenvalue weighted by molar-refractivity contribution is 5.78. The van der Waals surface area contributed by atoms with E-state index in [-0.39, 0.29) is 24.1 Å². The summed E-state index contributed by atoms with van der Waals surface area (Å²) in [6.07, 6.45) is 3.49. The summed E-state index contributed by atoms with van der Waals surface area (Å²) in [6.45, 7) is 10.7. The summed E-state index contributed by atoms with van der Waals surface area (Å²) in [5, 5.41) is 9.12. The topological polar surface area (TPSA) is 79.5 Å². The van der Waals surface area contributed by atoms with Gasteiger partial charge in [0, 0.05) is 18.6 Å². The van der Waals surface area contributed by atoms with Crippen LogP contribution in [0.3, 0.4) is 0 Å². The van der Waals surface area contributed by atoms with Gasteiger partial charge in [0.1, 0.15) is 5.60 Å². The fraction of sp³-hybridized carbons (Fsp3) is 0.882. The van der Waals surface area contributed by atoms with Crippen LogP contribution in [0.5, 0.6) is 0 Å². The minimum absolute atomic E-state index is 0.0286. The van der Waals surface area contributed by atoms with Crippen molar-refractivity contribution in [1.29, 1.82) is 0 Å². The van der Waals surface area contributed by atoms with E-state index >= 15 is 0 Å². The largest absolute Gasteiger partial charge is 0.444 e. The first-order chi connectivity index (χ1) is 10.7. The van der Waals surface area contributed by atoms with Crippen LogP contribution in [0.2, 0.25) is 0 Å². The second-order valence-corrected chi connectivity index (χ2v) is 7.79. The minimum Gasteiger partial charge on any atom is -0.444 e. The second-order valence-electron chi connectivity index (χ2n) is 7.79. The molecule has 3 N–H and O–H groups in total. The van der Waals surface area contributed by atoms with Crippen LogP contribution in [0.15, 0.2) is 0 Å². The molecule has 0 bridgehead atoms. The molecule has 1 aliphatic rings. The van der Waals surface area contributed by atoms with Crippen molar-refractivity contribution in [1.82, 2.24) is 16.0 Å². The lowest BCUT2D eigenvalue weighted by Crippen LogP contribution is -2.47. The van der Waals surface area contributed by atoms with Crippen LogP contribution in [-0.2, 0) is 9.53 Å². The molecule has 0 spiro atoms. The predicted octanol–water partition coefficient (Wildman–Crippen LogP) is 2.18. The summed E-state index contributed by atoms with van der Waals surface area (Å²) < 4.78 is 5.29. The van der Waals surface area contributed by atoms with E-state index in [0.717, 1.165) is 25.7 Å². The molecule has 0 aromatic heterocycles. The van der Waals surface area contributed by atoms with Gasteiger partial charge in [-0.2, -0.15) is 0 Å². The van der Waals surface area contributed by atoms with Gasteiger partial charge < -0.3 is 20.7 Å². The van der Waals surface area contributed by atoms with Crippen molar-refractivity contribution in [3.63, 3.8) is 0 Å². The number of alkyl carbamates (subject to hydrolysis) is 1. The SMILES string of the molecule is CC(C)CNC(=O)CNC1CCCC(NC(=O)OC(C)(C)C)C1. The Labute approximate surface area is 140 Å². The van der Waals surface area contributed by atoms with Crippen molar-refractivity contribution in [3.8, 4) is 0 Å². The van der Waals surface area contributed by atoms with Crippen LogP contribution in [0.1, 0.15) is 60.3 Å². The molecule has 134 valence electrons. The lowest BCUT2D eigenvalue weighted by Gasteiger charge is -2.31. The summed E-state index contributed by atoms with van der Waals surface area (Å²) in [6, 6.07) is 0.364. The molecule has 2 unspecified atom stereocenters. The number of amides is 2. The molecule has 1 aliphatic carbocycles. The van der Waals surface area contributed by atoms with E-state index in [4.69, 9.17) is 4.74 Å². The third kappa shape index (κ3) is 9.43. The maximum Gasteiger partial charge on any atom is 0.407 e. The summed E-state index contributed by atoms with van der Waals surface area (Å²) in [7, 11) is 0. The van der Waals surface area contributed by atoms with Gasteiger partial charge in [-0.25, -0.2) is 4.79 Å². The minimum atomic E-state index is -0.481. The van der Waals surface area contributed by atoms with Crippen molar-refractivity contribution in [3.05, 3.63) is 0 Å². The first-order valence-corrected chi connectivity index (χ1v) is 8.65. The Morgan fingerprint density at radius 3 is 2.43 bits per heavy atom. The van der Waals surface area contributed by atoms with Gasteiger partial charge in [0.2, 0.25) is 5.91 Å². The van der Waals surface area contributed by atoms with E-state index < -0.39 is 5.60 Å². The van der Waals surface area contributed by atoms with Crippen LogP contribution in [0.4, 0.5) is 4.79 Å². The monoisotopic (exact) mass is 327 g/mol. The van der Waals surface area contributed by atoms with Crippen LogP contribution in [0, 0.1) is 5.92 Å². The average Bonchev–Trinajstić information content (AvgIpc) is 2.41. The lowest BCUT2D eigenvalue weighted by atomic mass is 9.91. The molecule has 0 aromatic carbocycles. The Morgan fingerprint density at radius 2 is 1.83 bits per heavy atom. The van der Waals surface area contributed by atoms with E-state index in [1.807, 2.05) is 20.8 Å². The summed E-state index contributed by atoms with van der Waals surface area (Å²) >= 11 is 0. The van der Waals surface area contributed by atoms with Gasteiger partial charge in [0.25, 0.3) is 0 Å². The molecule has 1 rings (SSSR count). The highest BCUT2D eigenvalue weighted by Gasteiger charge is 2.25. The summed E-state index contributed by atoms with van der Waals surface area (Å²) in [5.41, 5.74) is -0.481. The van der Waals surface area contributed by atoms with Gasteiger partial charge in [-0.3, -0.25) is 4.79 Å². The Hall–Kier alpha value is -1.30. The van der Waals surface area contributed by atoms with Gasteiger partial charge in [-0.05, 0) is 52.4 Å². The smallest absolute Gasteiger partial charge is 0.407 e. The van der Waals surface area contributed by atoms with Gasteiger partial charge in [0.05, 0.1) is 6.54 Å². The summed E-state index contributed by atoms with van der Waals surface area (Å²) in [4.78, 5) is 23.6. The first kappa shape index (κ1) is 19.7. The third-order valence-electron chi connectivity index (χ3n) is 3.65. The molecule has 1 saturated carbocycles. The lowest BCUT2D eigenvalue weighted by molar-refractivity contribution is -0.120. The van der Waals surface area contributed by atoms with Crippen LogP contribution in [0.25, 0.3) is 0 Å². The molecule has 2 amide bonds.